The Morgan fingerprint density at radius 3 is 2.80 bits per heavy atom. The average Bonchev–Trinajstić information content (AvgIpc) is 2.29. The number of fused-ring (bicyclic) bond motifs is 1. The lowest BCUT2D eigenvalue weighted by atomic mass is 10.2. The SMILES string of the molecule is COc1ccc(Cl)c2nc(NN)ccc12. The average molecular weight is 224 g/mol. The molecule has 1 aromatic carbocycles. The Morgan fingerprint density at radius 2 is 2.13 bits per heavy atom. The van der Waals surface area contributed by atoms with E-state index in [0.29, 0.717) is 16.4 Å². The van der Waals surface area contributed by atoms with Crippen LogP contribution in [-0.2, 0) is 0 Å². The molecule has 0 fully saturated rings. The summed E-state index contributed by atoms with van der Waals surface area (Å²) < 4.78 is 5.21. The maximum absolute atomic E-state index is 6.03. The first-order valence-corrected chi connectivity index (χ1v) is 4.74. The summed E-state index contributed by atoms with van der Waals surface area (Å²) >= 11 is 6.03. The van der Waals surface area contributed by atoms with Crippen molar-refractivity contribution in [3.8, 4) is 5.75 Å². The highest BCUT2D eigenvalue weighted by atomic mass is 35.5. The van der Waals surface area contributed by atoms with Crippen molar-refractivity contribution < 1.29 is 4.74 Å². The van der Waals surface area contributed by atoms with Crippen LogP contribution >= 0.6 is 11.6 Å². The van der Waals surface area contributed by atoms with Crippen LogP contribution in [0.25, 0.3) is 10.9 Å². The molecule has 1 aromatic heterocycles. The molecule has 0 bridgehead atoms. The number of rotatable bonds is 2. The third kappa shape index (κ3) is 1.69. The topological polar surface area (TPSA) is 60.2 Å². The number of hydrogen-bond acceptors (Lipinski definition) is 4. The fourth-order valence-corrected chi connectivity index (χ4v) is 1.62. The number of aromatic nitrogens is 1. The molecule has 0 saturated carbocycles. The van der Waals surface area contributed by atoms with Gasteiger partial charge < -0.3 is 10.2 Å². The summed E-state index contributed by atoms with van der Waals surface area (Å²) in [5.41, 5.74) is 3.15. The number of nitrogens with two attached hydrogens (primary N) is 1. The van der Waals surface area contributed by atoms with Crippen LogP contribution in [0.2, 0.25) is 5.02 Å². The zero-order valence-corrected chi connectivity index (χ0v) is 8.88. The molecular formula is C10H10ClN3O. The monoisotopic (exact) mass is 223 g/mol. The minimum absolute atomic E-state index is 0.567. The molecule has 5 heteroatoms. The van der Waals surface area contributed by atoms with Gasteiger partial charge in [0, 0.05) is 5.39 Å². The van der Waals surface area contributed by atoms with Crippen LogP contribution in [0.3, 0.4) is 0 Å². The van der Waals surface area contributed by atoms with Crippen LogP contribution in [0.4, 0.5) is 5.82 Å². The minimum atomic E-state index is 0.567. The molecular weight excluding hydrogens is 214 g/mol. The Bertz CT molecular complexity index is 501. The number of nitrogens with zero attached hydrogens (tertiary/aromatic N) is 1. The predicted octanol–water partition coefficient (Wildman–Crippen LogP) is 2.18. The number of halogens is 1. The lowest BCUT2D eigenvalue weighted by Gasteiger charge is -2.07. The second-order valence-electron chi connectivity index (χ2n) is 2.99. The molecule has 15 heavy (non-hydrogen) atoms. The van der Waals surface area contributed by atoms with E-state index < -0.39 is 0 Å². The summed E-state index contributed by atoms with van der Waals surface area (Å²) in [4.78, 5) is 4.25. The van der Waals surface area contributed by atoms with Gasteiger partial charge in [-0.15, -0.1) is 0 Å². The molecule has 0 aliphatic heterocycles. The molecule has 0 unspecified atom stereocenters. The molecule has 78 valence electrons. The Labute approximate surface area is 92.0 Å². The van der Waals surface area contributed by atoms with E-state index in [0.717, 1.165) is 11.1 Å². The van der Waals surface area contributed by atoms with Crippen molar-refractivity contribution in [1.29, 1.82) is 0 Å². The zero-order chi connectivity index (χ0) is 10.8. The molecule has 3 N–H and O–H groups in total. The van der Waals surface area contributed by atoms with E-state index in [-0.39, 0.29) is 0 Å². The van der Waals surface area contributed by atoms with Gasteiger partial charge in [-0.3, -0.25) is 0 Å². The minimum Gasteiger partial charge on any atom is -0.496 e. The smallest absolute Gasteiger partial charge is 0.140 e. The Kier molecular flexibility index (Phi) is 2.62. The quantitative estimate of drug-likeness (QED) is 0.605. The second-order valence-corrected chi connectivity index (χ2v) is 3.39. The van der Waals surface area contributed by atoms with Gasteiger partial charge >= 0.3 is 0 Å². The molecule has 1 heterocycles. The molecule has 0 aliphatic rings. The number of nitrogen functional groups attached to an aromatic ring is 1. The van der Waals surface area contributed by atoms with E-state index in [4.69, 9.17) is 22.2 Å². The molecule has 0 atom stereocenters. The fourth-order valence-electron chi connectivity index (χ4n) is 1.42. The molecule has 0 radical (unpaired) electrons. The Hall–Kier alpha value is -1.52. The first-order valence-electron chi connectivity index (χ1n) is 4.36. The largest absolute Gasteiger partial charge is 0.496 e. The van der Waals surface area contributed by atoms with Crippen molar-refractivity contribution >= 4 is 28.3 Å². The highest BCUT2D eigenvalue weighted by Gasteiger charge is 2.06. The van der Waals surface area contributed by atoms with Crippen LogP contribution in [-0.4, -0.2) is 12.1 Å². The van der Waals surface area contributed by atoms with Gasteiger partial charge in [0.2, 0.25) is 0 Å². The van der Waals surface area contributed by atoms with Crippen molar-refractivity contribution in [2.45, 2.75) is 0 Å². The first kappa shape index (κ1) is 10.0. The van der Waals surface area contributed by atoms with E-state index in [1.54, 1.807) is 19.2 Å². The van der Waals surface area contributed by atoms with E-state index in [9.17, 15) is 0 Å². The van der Waals surface area contributed by atoms with Gasteiger partial charge in [-0.2, -0.15) is 0 Å². The van der Waals surface area contributed by atoms with E-state index >= 15 is 0 Å². The van der Waals surface area contributed by atoms with Crippen molar-refractivity contribution in [3.05, 3.63) is 29.3 Å². The molecule has 0 saturated heterocycles. The maximum atomic E-state index is 6.03. The Morgan fingerprint density at radius 1 is 1.33 bits per heavy atom. The number of hydrazine groups is 1. The molecule has 0 aliphatic carbocycles. The summed E-state index contributed by atoms with van der Waals surface area (Å²) in [7, 11) is 1.61. The number of anilines is 1. The number of ether oxygens (including phenoxy) is 1. The van der Waals surface area contributed by atoms with Crippen LogP contribution in [0.5, 0.6) is 5.75 Å². The van der Waals surface area contributed by atoms with E-state index in [1.165, 1.54) is 0 Å². The maximum Gasteiger partial charge on any atom is 0.140 e. The lowest BCUT2D eigenvalue weighted by molar-refractivity contribution is 0.420. The highest BCUT2D eigenvalue weighted by molar-refractivity contribution is 6.35. The summed E-state index contributed by atoms with van der Waals surface area (Å²) in [6.07, 6.45) is 0. The zero-order valence-electron chi connectivity index (χ0n) is 8.12. The molecule has 4 nitrogen and oxygen atoms in total. The summed E-state index contributed by atoms with van der Waals surface area (Å²) in [6.45, 7) is 0. The summed E-state index contributed by atoms with van der Waals surface area (Å²) in [6, 6.07) is 7.18. The molecule has 2 rings (SSSR count). The van der Waals surface area contributed by atoms with Gasteiger partial charge in [0.1, 0.15) is 11.6 Å². The standard InChI is InChI=1S/C10H10ClN3O/c1-15-8-4-3-7(11)10-6(8)2-5-9(13-10)14-12/h2-5H,12H2,1H3,(H,13,14). The number of benzene rings is 1. The number of pyridine rings is 1. The lowest BCUT2D eigenvalue weighted by Crippen LogP contribution is -2.08. The van der Waals surface area contributed by atoms with Crippen LogP contribution in [0, 0.1) is 0 Å². The molecule has 0 spiro atoms. The van der Waals surface area contributed by atoms with Crippen LogP contribution < -0.4 is 16.0 Å². The normalized spacial score (nSPS) is 10.3. The number of hydrogen-bond donors (Lipinski definition) is 2. The fraction of sp³-hybridized carbons (Fsp3) is 0.100. The van der Waals surface area contributed by atoms with Crippen LogP contribution in [0.1, 0.15) is 0 Å². The van der Waals surface area contributed by atoms with Gasteiger partial charge in [0.05, 0.1) is 17.6 Å². The van der Waals surface area contributed by atoms with Gasteiger partial charge in [0.25, 0.3) is 0 Å². The van der Waals surface area contributed by atoms with Gasteiger partial charge in [-0.1, -0.05) is 11.6 Å². The third-order valence-corrected chi connectivity index (χ3v) is 2.44. The van der Waals surface area contributed by atoms with Crippen molar-refractivity contribution in [3.63, 3.8) is 0 Å². The van der Waals surface area contributed by atoms with Gasteiger partial charge in [-0.05, 0) is 24.3 Å². The van der Waals surface area contributed by atoms with Crippen molar-refractivity contribution in [2.75, 3.05) is 12.5 Å². The summed E-state index contributed by atoms with van der Waals surface area (Å²) in [5, 5.41) is 1.44. The summed E-state index contributed by atoms with van der Waals surface area (Å²) in [5.74, 6) is 6.58. The first-order chi connectivity index (χ1) is 7.26. The van der Waals surface area contributed by atoms with Crippen LogP contribution in [0.15, 0.2) is 24.3 Å². The van der Waals surface area contributed by atoms with Crippen molar-refractivity contribution in [2.24, 2.45) is 5.84 Å². The highest BCUT2D eigenvalue weighted by Crippen LogP contribution is 2.30. The van der Waals surface area contributed by atoms with E-state index in [1.807, 2.05) is 12.1 Å². The Balaban J connectivity index is 2.75. The van der Waals surface area contributed by atoms with Gasteiger partial charge in [0.15, 0.2) is 0 Å². The van der Waals surface area contributed by atoms with Gasteiger partial charge in [-0.25, -0.2) is 10.8 Å². The molecule has 2 aromatic rings. The second kappa shape index (κ2) is 3.92. The predicted molar refractivity (Wildman–Crippen MR) is 61.1 cm³/mol. The number of methoxy groups -OCH3 is 1. The van der Waals surface area contributed by atoms with Crippen molar-refractivity contribution in [1.82, 2.24) is 4.98 Å². The third-order valence-electron chi connectivity index (χ3n) is 2.14. The number of nitrogens with one attached hydrogen (secondary N) is 1. The van der Waals surface area contributed by atoms with E-state index in [2.05, 4.69) is 10.4 Å². The molecule has 0 amide bonds.